The number of nitrogens with zero attached hydrogens (tertiary/aromatic N) is 3. The van der Waals surface area contributed by atoms with Crippen molar-refractivity contribution >= 4 is 21.7 Å². The highest BCUT2D eigenvalue weighted by molar-refractivity contribution is 7.89. The molecule has 0 unspecified atom stereocenters. The summed E-state index contributed by atoms with van der Waals surface area (Å²) in [4.78, 5) is 20.6. The van der Waals surface area contributed by atoms with Gasteiger partial charge in [-0.05, 0) is 37.9 Å². The molecule has 0 radical (unpaired) electrons. The molecule has 1 N–H and O–H groups in total. The second-order valence-corrected chi connectivity index (χ2v) is 8.36. The van der Waals surface area contributed by atoms with Crippen LogP contribution in [0.3, 0.4) is 0 Å². The van der Waals surface area contributed by atoms with Crippen LogP contribution in [0.25, 0.3) is 0 Å². The minimum Gasteiger partial charge on any atom is -0.346 e. The van der Waals surface area contributed by atoms with E-state index in [2.05, 4.69) is 9.71 Å². The zero-order valence-corrected chi connectivity index (χ0v) is 14.8. The number of pyridine rings is 1. The molecule has 1 aromatic rings. The molecule has 0 aromatic carbocycles. The molecule has 8 heteroatoms. The number of carbonyl (C=O) groups is 1. The van der Waals surface area contributed by atoms with Gasteiger partial charge in [0, 0.05) is 25.8 Å². The lowest BCUT2D eigenvalue weighted by Crippen LogP contribution is -2.51. The standard InChI is InChI=1S/C16H24N4O3S/c1-17-24(22,23)14-6-7-15(18-10-14)19-8-9-20(16(21)12-19)11-13-4-2-3-5-13/h6-7,10,13,17H,2-5,8-9,11-12H2,1H3. The first-order chi connectivity index (χ1) is 11.5. The lowest BCUT2D eigenvalue weighted by atomic mass is 10.1. The molecule has 0 atom stereocenters. The van der Waals surface area contributed by atoms with Gasteiger partial charge in [-0.1, -0.05) is 12.8 Å². The van der Waals surface area contributed by atoms with E-state index < -0.39 is 10.0 Å². The van der Waals surface area contributed by atoms with Gasteiger partial charge in [-0.2, -0.15) is 0 Å². The number of sulfonamides is 1. The molecule has 3 rings (SSSR count). The summed E-state index contributed by atoms with van der Waals surface area (Å²) in [6, 6.07) is 3.17. The van der Waals surface area contributed by atoms with Gasteiger partial charge in [0.15, 0.2) is 0 Å². The SMILES string of the molecule is CNS(=O)(=O)c1ccc(N2CCN(CC3CCCC3)C(=O)C2)nc1. The Hall–Kier alpha value is -1.67. The van der Waals surface area contributed by atoms with Gasteiger partial charge in [-0.3, -0.25) is 4.79 Å². The van der Waals surface area contributed by atoms with Crippen LogP contribution in [0, 0.1) is 5.92 Å². The summed E-state index contributed by atoms with van der Waals surface area (Å²) in [5.41, 5.74) is 0. The Morgan fingerprint density at radius 1 is 1.25 bits per heavy atom. The zero-order valence-electron chi connectivity index (χ0n) is 13.9. The van der Waals surface area contributed by atoms with Gasteiger partial charge in [0.05, 0.1) is 6.54 Å². The van der Waals surface area contributed by atoms with Crippen LogP contribution >= 0.6 is 0 Å². The Morgan fingerprint density at radius 3 is 2.58 bits per heavy atom. The van der Waals surface area contributed by atoms with Crippen LogP contribution in [-0.2, 0) is 14.8 Å². The average Bonchev–Trinajstić information content (AvgIpc) is 3.10. The largest absolute Gasteiger partial charge is 0.346 e. The summed E-state index contributed by atoms with van der Waals surface area (Å²) in [6.07, 6.45) is 6.36. The maximum Gasteiger partial charge on any atom is 0.242 e. The number of rotatable bonds is 5. The fourth-order valence-electron chi connectivity index (χ4n) is 3.44. The van der Waals surface area contributed by atoms with E-state index >= 15 is 0 Å². The van der Waals surface area contributed by atoms with Gasteiger partial charge in [-0.15, -0.1) is 0 Å². The third-order valence-electron chi connectivity index (χ3n) is 4.90. The molecule has 1 aliphatic carbocycles. The minimum absolute atomic E-state index is 0.125. The number of amides is 1. The first-order valence-electron chi connectivity index (χ1n) is 8.42. The molecular weight excluding hydrogens is 328 g/mol. The number of anilines is 1. The van der Waals surface area contributed by atoms with Crippen molar-refractivity contribution in [2.45, 2.75) is 30.6 Å². The summed E-state index contributed by atoms with van der Waals surface area (Å²) in [5.74, 6) is 1.42. The van der Waals surface area contributed by atoms with Gasteiger partial charge in [0.1, 0.15) is 10.7 Å². The summed E-state index contributed by atoms with van der Waals surface area (Å²) < 4.78 is 25.7. The van der Waals surface area contributed by atoms with E-state index in [1.165, 1.54) is 45.0 Å². The maximum atomic E-state index is 12.4. The van der Waals surface area contributed by atoms with Crippen molar-refractivity contribution in [3.05, 3.63) is 18.3 Å². The number of hydrogen-bond acceptors (Lipinski definition) is 5. The predicted molar refractivity (Wildman–Crippen MR) is 91.2 cm³/mol. The Morgan fingerprint density at radius 2 is 2.00 bits per heavy atom. The number of aromatic nitrogens is 1. The van der Waals surface area contributed by atoms with Crippen LogP contribution in [-0.4, -0.2) is 57.4 Å². The van der Waals surface area contributed by atoms with Crippen LogP contribution in [0.15, 0.2) is 23.2 Å². The van der Waals surface area contributed by atoms with Crippen molar-refractivity contribution in [3.8, 4) is 0 Å². The average molecular weight is 352 g/mol. The van der Waals surface area contributed by atoms with E-state index in [1.54, 1.807) is 6.07 Å². The highest BCUT2D eigenvalue weighted by atomic mass is 32.2. The number of carbonyl (C=O) groups excluding carboxylic acids is 1. The van der Waals surface area contributed by atoms with Gasteiger partial charge >= 0.3 is 0 Å². The van der Waals surface area contributed by atoms with Crippen molar-refractivity contribution < 1.29 is 13.2 Å². The van der Waals surface area contributed by atoms with E-state index in [4.69, 9.17) is 0 Å². The molecule has 24 heavy (non-hydrogen) atoms. The van der Waals surface area contributed by atoms with E-state index in [0.717, 1.165) is 13.1 Å². The number of hydrogen-bond donors (Lipinski definition) is 1. The molecule has 1 saturated heterocycles. The molecule has 132 valence electrons. The number of nitrogens with one attached hydrogen (secondary N) is 1. The predicted octanol–water partition coefficient (Wildman–Crippen LogP) is 0.828. The Balaban J connectivity index is 1.62. The monoisotopic (exact) mass is 352 g/mol. The highest BCUT2D eigenvalue weighted by Gasteiger charge is 2.28. The summed E-state index contributed by atoms with van der Waals surface area (Å²) >= 11 is 0. The molecule has 1 saturated carbocycles. The van der Waals surface area contributed by atoms with Crippen molar-refractivity contribution in [3.63, 3.8) is 0 Å². The molecule has 7 nitrogen and oxygen atoms in total. The quantitative estimate of drug-likeness (QED) is 0.849. The second-order valence-electron chi connectivity index (χ2n) is 6.47. The first-order valence-corrected chi connectivity index (χ1v) is 9.90. The van der Waals surface area contributed by atoms with Crippen LogP contribution in [0.1, 0.15) is 25.7 Å². The molecule has 2 heterocycles. The summed E-state index contributed by atoms with van der Waals surface area (Å²) in [5, 5.41) is 0. The topological polar surface area (TPSA) is 82.6 Å². The van der Waals surface area contributed by atoms with Crippen LogP contribution in [0.2, 0.25) is 0 Å². The Labute approximate surface area is 143 Å². The Kier molecular flexibility index (Phi) is 5.05. The van der Waals surface area contributed by atoms with Gasteiger partial charge in [0.2, 0.25) is 15.9 Å². The highest BCUT2D eigenvalue weighted by Crippen LogP contribution is 2.26. The molecule has 0 bridgehead atoms. The van der Waals surface area contributed by atoms with Crippen molar-refractivity contribution in [1.82, 2.24) is 14.6 Å². The lowest BCUT2D eigenvalue weighted by molar-refractivity contribution is -0.131. The maximum absolute atomic E-state index is 12.4. The molecule has 0 spiro atoms. The van der Waals surface area contributed by atoms with Crippen molar-refractivity contribution in [2.24, 2.45) is 5.92 Å². The molecule has 2 fully saturated rings. The summed E-state index contributed by atoms with van der Waals surface area (Å²) in [7, 11) is -2.12. The van der Waals surface area contributed by atoms with Crippen LogP contribution in [0.4, 0.5) is 5.82 Å². The fourth-order valence-corrected chi connectivity index (χ4v) is 4.11. The van der Waals surface area contributed by atoms with E-state index in [9.17, 15) is 13.2 Å². The van der Waals surface area contributed by atoms with Crippen molar-refractivity contribution in [2.75, 3.05) is 38.1 Å². The van der Waals surface area contributed by atoms with Crippen LogP contribution in [0.5, 0.6) is 0 Å². The smallest absolute Gasteiger partial charge is 0.242 e. The molecule has 2 aliphatic rings. The zero-order chi connectivity index (χ0) is 17.2. The molecule has 1 aliphatic heterocycles. The minimum atomic E-state index is -3.48. The van der Waals surface area contributed by atoms with E-state index in [1.807, 2.05) is 9.80 Å². The third kappa shape index (κ3) is 3.70. The third-order valence-corrected chi connectivity index (χ3v) is 6.30. The van der Waals surface area contributed by atoms with Gasteiger partial charge < -0.3 is 9.80 Å². The van der Waals surface area contributed by atoms with Gasteiger partial charge in [-0.25, -0.2) is 18.1 Å². The van der Waals surface area contributed by atoms with E-state index in [0.29, 0.717) is 24.8 Å². The molecule has 1 amide bonds. The van der Waals surface area contributed by atoms with Crippen LogP contribution < -0.4 is 9.62 Å². The molecule has 1 aromatic heterocycles. The normalized spacial score (nSPS) is 20.0. The molecular formula is C16H24N4O3S. The summed E-state index contributed by atoms with van der Waals surface area (Å²) in [6.45, 7) is 2.61. The second kappa shape index (κ2) is 7.06. The number of piperazine rings is 1. The van der Waals surface area contributed by atoms with Gasteiger partial charge in [0.25, 0.3) is 0 Å². The fraction of sp³-hybridized carbons (Fsp3) is 0.625. The van der Waals surface area contributed by atoms with Crippen molar-refractivity contribution in [1.29, 1.82) is 0 Å². The first kappa shape index (κ1) is 17.2. The van der Waals surface area contributed by atoms with E-state index in [-0.39, 0.29) is 10.8 Å². The lowest BCUT2D eigenvalue weighted by Gasteiger charge is -2.36. The Bertz CT molecular complexity index is 684.